The molecule has 0 saturated carbocycles. The number of amides is 2. The number of nitrogens with one attached hydrogen (secondary N) is 1. The zero-order valence-electron chi connectivity index (χ0n) is 17.5. The Balaban J connectivity index is 1.65. The monoisotopic (exact) mass is 419 g/mol. The van der Waals surface area contributed by atoms with E-state index in [-0.39, 0.29) is 5.91 Å². The highest BCUT2D eigenvalue weighted by atomic mass is 16.5. The first-order valence-corrected chi connectivity index (χ1v) is 10.2. The van der Waals surface area contributed by atoms with Gasteiger partial charge in [0, 0.05) is 25.7 Å². The molecule has 0 bridgehead atoms. The second-order valence-corrected chi connectivity index (χ2v) is 7.61. The summed E-state index contributed by atoms with van der Waals surface area (Å²) in [6.07, 6.45) is 1.18. The number of nitriles is 1. The molecule has 0 radical (unpaired) electrons. The van der Waals surface area contributed by atoms with Gasteiger partial charge in [0.05, 0.1) is 17.9 Å². The minimum Gasteiger partial charge on any atom is -0.455 e. The van der Waals surface area contributed by atoms with Gasteiger partial charge in [-0.05, 0) is 36.1 Å². The van der Waals surface area contributed by atoms with Crippen LogP contribution in [0.2, 0.25) is 0 Å². The van der Waals surface area contributed by atoms with Gasteiger partial charge < -0.3 is 15.0 Å². The van der Waals surface area contributed by atoms with Crippen molar-refractivity contribution in [3.05, 3.63) is 65.7 Å². The Morgan fingerprint density at radius 2 is 1.71 bits per heavy atom. The highest BCUT2D eigenvalue weighted by Gasteiger charge is 2.44. The van der Waals surface area contributed by atoms with Crippen LogP contribution in [0.25, 0.3) is 0 Å². The van der Waals surface area contributed by atoms with Crippen LogP contribution in [0.3, 0.4) is 0 Å². The molecule has 1 fully saturated rings. The van der Waals surface area contributed by atoms with Gasteiger partial charge in [-0.25, -0.2) is 0 Å². The summed E-state index contributed by atoms with van der Waals surface area (Å²) in [6, 6.07) is 18.4. The summed E-state index contributed by atoms with van der Waals surface area (Å²) < 4.78 is 5.43. The highest BCUT2D eigenvalue weighted by molar-refractivity contribution is 5.94. The van der Waals surface area contributed by atoms with E-state index in [1.807, 2.05) is 30.3 Å². The van der Waals surface area contributed by atoms with Crippen LogP contribution in [0.15, 0.2) is 54.6 Å². The Labute approximate surface area is 181 Å². The van der Waals surface area contributed by atoms with Gasteiger partial charge in [-0.3, -0.25) is 14.4 Å². The van der Waals surface area contributed by atoms with Crippen molar-refractivity contribution in [1.29, 1.82) is 5.26 Å². The van der Waals surface area contributed by atoms with Gasteiger partial charge in [-0.15, -0.1) is 0 Å². The molecule has 3 rings (SSSR count). The maximum atomic E-state index is 13.1. The van der Waals surface area contributed by atoms with E-state index in [1.165, 1.54) is 6.92 Å². The molecule has 7 heteroatoms. The summed E-state index contributed by atoms with van der Waals surface area (Å²) in [5.74, 6) is -0.914. The predicted molar refractivity (Wildman–Crippen MR) is 115 cm³/mol. The molecule has 0 unspecified atom stereocenters. The molecule has 1 N–H and O–H groups in total. The third-order valence-corrected chi connectivity index (χ3v) is 5.63. The van der Waals surface area contributed by atoms with Gasteiger partial charge >= 0.3 is 5.97 Å². The van der Waals surface area contributed by atoms with Crippen molar-refractivity contribution in [2.45, 2.75) is 31.6 Å². The predicted octanol–water partition coefficient (Wildman–Crippen LogP) is 2.81. The lowest BCUT2D eigenvalue weighted by Crippen LogP contribution is -2.49. The molecule has 0 aromatic heterocycles. The molecular weight excluding hydrogens is 394 g/mol. The second kappa shape index (κ2) is 9.90. The molecule has 1 aliphatic rings. The fraction of sp³-hybridized carbons (Fsp3) is 0.333. The van der Waals surface area contributed by atoms with E-state index >= 15 is 0 Å². The number of rotatable bonds is 6. The number of ether oxygens (including phenoxy) is 1. The fourth-order valence-electron chi connectivity index (χ4n) is 3.83. The quantitative estimate of drug-likeness (QED) is 0.726. The van der Waals surface area contributed by atoms with Crippen LogP contribution < -0.4 is 5.32 Å². The number of nitrogens with zero attached hydrogens (tertiary/aromatic N) is 2. The van der Waals surface area contributed by atoms with Gasteiger partial charge in [0.1, 0.15) is 0 Å². The Bertz CT molecular complexity index is 972. The largest absolute Gasteiger partial charge is 0.455 e. The molecular formula is C24H25N3O4. The topological polar surface area (TPSA) is 99.5 Å². The molecule has 0 spiro atoms. The summed E-state index contributed by atoms with van der Waals surface area (Å²) >= 11 is 0. The number of esters is 1. The Morgan fingerprint density at radius 1 is 1.06 bits per heavy atom. The standard InChI is InChI=1S/C24H25N3O4/c1-18(28)27-15-12-24(13-16-27,20-5-3-2-4-6-20)23(30)31-17-22(29)26-21-9-7-19(8-10-21)11-14-25/h2-10H,11-13,15-17H2,1H3,(H,26,29). The molecule has 0 atom stereocenters. The number of benzene rings is 2. The van der Waals surface area contributed by atoms with E-state index in [0.29, 0.717) is 38.0 Å². The van der Waals surface area contributed by atoms with E-state index < -0.39 is 23.9 Å². The average molecular weight is 419 g/mol. The maximum Gasteiger partial charge on any atom is 0.317 e. The molecule has 160 valence electrons. The maximum absolute atomic E-state index is 13.1. The van der Waals surface area contributed by atoms with Gasteiger partial charge in [0.15, 0.2) is 6.61 Å². The van der Waals surface area contributed by atoms with E-state index in [4.69, 9.17) is 10.00 Å². The lowest BCUT2D eigenvalue weighted by molar-refractivity contribution is -0.156. The van der Waals surface area contributed by atoms with Crippen molar-refractivity contribution in [3.63, 3.8) is 0 Å². The first kappa shape index (κ1) is 22.0. The van der Waals surface area contributed by atoms with Crippen molar-refractivity contribution in [2.75, 3.05) is 25.0 Å². The molecule has 1 saturated heterocycles. The van der Waals surface area contributed by atoms with Gasteiger partial charge in [0.2, 0.25) is 5.91 Å². The fourth-order valence-corrected chi connectivity index (χ4v) is 3.83. The minimum atomic E-state index is -0.883. The van der Waals surface area contributed by atoms with E-state index in [1.54, 1.807) is 29.2 Å². The highest BCUT2D eigenvalue weighted by Crippen LogP contribution is 2.37. The van der Waals surface area contributed by atoms with E-state index in [2.05, 4.69) is 11.4 Å². The van der Waals surface area contributed by atoms with Crippen LogP contribution in [-0.2, 0) is 31.0 Å². The lowest BCUT2D eigenvalue weighted by Gasteiger charge is -2.40. The Kier molecular flexibility index (Phi) is 7.03. The van der Waals surface area contributed by atoms with Crippen molar-refractivity contribution in [1.82, 2.24) is 4.90 Å². The third-order valence-electron chi connectivity index (χ3n) is 5.63. The Morgan fingerprint density at radius 3 is 2.29 bits per heavy atom. The van der Waals surface area contributed by atoms with Crippen molar-refractivity contribution < 1.29 is 19.1 Å². The first-order chi connectivity index (χ1) is 14.9. The summed E-state index contributed by atoms with van der Waals surface area (Å²) in [4.78, 5) is 38.9. The van der Waals surface area contributed by atoms with Crippen LogP contribution in [0.5, 0.6) is 0 Å². The van der Waals surface area contributed by atoms with Crippen LogP contribution in [0.4, 0.5) is 5.69 Å². The number of anilines is 1. The van der Waals surface area contributed by atoms with E-state index in [0.717, 1.165) is 11.1 Å². The van der Waals surface area contributed by atoms with Crippen LogP contribution in [0, 0.1) is 11.3 Å². The van der Waals surface area contributed by atoms with Gasteiger partial charge in [0.25, 0.3) is 5.91 Å². The summed E-state index contributed by atoms with van der Waals surface area (Å²) in [6.45, 7) is 2.04. The lowest BCUT2D eigenvalue weighted by atomic mass is 9.72. The number of piperidine rings is 1. The first-order valence-electron chi connectivity index (χ1n) is 10.2. The average Bonchev–Trinajstić information content (AvgIpc) is 2.79. The van der Waals surface area contributed by atoms with Crippen molar-refractivity contribution in [3.8, 4) is 6.07 Å². The summed E-state index contributed by atoms with van der Waals surface area (Å²) in [5.41, 5.74) is 1.37. The number of carbonyl (C=O) groups excluding carboxylic acids is 3. The third kappa shape index (κ3) is 5.28. The van der Waals surface area contributed by atoms with Crippen LogP contribution in [0.1, 0.15) is 30.9 Å². The number of hydrogen-bond acceptors (Lipinski definition) is 5. The number of likely N-dealkylation sites (tertiary alicyclic amines) is 1. The zero-order valence-corrected chi connectivity index (χ0v) is 17.5. The van der Waals surface area contributed by atoms with Crippen LogP contribution >= 0.6 is 0 Å². The number of carbonyl (C=O) groups is 3. The minimum absolute atomic E-state index is 0.0183. The van der Waals surface area contributed by atoms with Gasteiger partial charge in [-0.2, -0.15) is 5.26 Å². The zero-order chi connectivity index (χ0) is 22.3. The van der Waals surface area contributed by atoms with Crippen molar-refractivity contribution in [2.24, 2.45) is 0 Å². The second-order valence-electron chi connectivity index (χ2n) is 7.61. The molecule has 0 aliphatic carbocycles. The van der Waals surface area contributed by atoms with E-state index in [9.17, 15) is 14.4 Å². The van der Waals surface area contributed by atoms with Crippen LogP contribution in [-0.4, -0.2) is 42.4 Å². The number of hydrogen-bond donors (Lipinski definition) is 1. The normalized spacial score (nSPS) is 14.9. The SMILES string of the molecule is CC(=O)N1CCC(C(=O)OCC(=O)Nc2ccc(CC#N)cc2)(c2ccccc2)CC1. The summed E-state index contributed by atoms with van der Waals surface area (Å²) in [5, 5.41) is 11.4. The molecule has 2 amide bonds. The summed E-state index contributed by atoms with van der Waals surface area (Å²) in [7, 11) is 0. The van der Waals surface area contributed by atoms with Crippen molar-refractivity contribution >= 4 is 23.5 Å². The van der Waals surface area contributed by atoms with Gasteiger partial charge in [-0.1, -0.05) is 42.5 Å². The Hall–Kier alpha value is -3.66. The molecule has 2 aromatic carbocycles. The molecule has 1 heterocycles. The smallest absolute Gasteiger partial charge is 0.317 e. The molecule has 2 aromatic rings. The molecule has 1 aliphatic heterocycles. The molecule has 7 nitrogen and oxygen atoms in total. The molecule has 31 heavy (non-hydrogen) atoms.